The molecule has 0 fully saturated rings. The van der Waals surface area contributed by atoms with Gasteiger partial charge in [0.05, 0.1) is 18.1 Å². The van der Waals surface area contributed by atoms with Crippen LogP contribution >= 0.6 is 11.3 Å². The number of thiophene rings is 1. The molecule has 2 aromatic rings. The van der Waals surface area contributed by atoms with Gasteiger partial charge in [-0.05, 0) is 31.8 Å². The first-order valence-corrected chi connectivity index (χ1v) is 8.03. The third kappa shape index (κ3) is 3.29. The van der Waals surface area contributed by atoms with E-state index in [1.165, 1.54) is 10.6 Å². The SMILES string of the molecule is CCN(Cc1cccs1)C(CN)c1cncn1C(C)C. The van der Waals surface area contributed by atoms with E-state index in [1.54, 1.807) is 11.3 Å². The van der Waals surface area contributed by atoms with E-state index in [-0.39, 0.29) is 6.04 Å². The first kappa shape index (κ1) is 15.2. The lowest BCUT2D eigenvalue weighted by Crippen LogP contribution is -2.34. The van der Waals surface area contributed by atoms with Crippen molar-refractivity contribution in [3.8, 4) is 0 Å². The molecule has 20 heavy (non-hydrogen) atoms. The van der Waals surface area contributed by atoms with Crippen molar-refractivity contribution in [2.75, 3.05) is 13.1 Å². The highest BCUT2D eigenvalue weighted by Crippen LogP contribution is 2.25. The number of rotatable bonds is 7. The fourth-order valence-corrected chi connectivity index (χ4v) is 3.24. The Labute approximate surface area is 125 Å². The molecule has 0 aliphatic carbocycles. The number of nitrogens with zero attached hydrogens (tertiary/aromatic N) is 3. The lowest BCUT2D eigenvalue weighted by Gasteiger charge is -2.30. The van der Waals surface area contributed by atoms with Gasteiger partial charge in [-0.1, -0.05) is 13.0 Å². The minimum Gasteiger partial charge on any atom is -0.331 e. The standard InChI is InChI=1S/C15H24N4S/c1-4-18(10-13-6-5-7-20-13)14(8-16)15-9-17-11-19(15)12(2)3/h5-7,9,11-12,14H,4,8,10,16H2,1-3H3. The smallest absolute Gasteiger partial charge is 0.0951 e. The second-order valence-corrected chi connectivity index (χ2v) is 6.25. The second-order valence-electron chi connectivity index (χ2n) is 5.21. The minimum atomic E-state index is 0.215. The maximum Gasteiger partial charge on any atom is 0.0951 e. The van der Waals surface area contributed by atoms with Crippen LogP contribution in [0.2, 0.25) is 0 Å². The molecule has 1 atom stereocenters. The van der Waals surface area contributed by atoms with E-state index in [2.05, 4.69) is 52.7 Å². The molecule has 5 heteroatoms. The molecule has 4 nitrogen and oxygen atoms in total. The van der Waals surface area contributed by atoms with Crippen molar-refractivity contribution in [3.63, 3.8) is 0 Å². The zero-order valence-corrected chi connectivity index (χ0v) is 13.3. The van der Waals surface area contributed by atoms with Gasteiger partial charge in [-0.3, -0.25) is 4.90 Å². The van der Waals surface area contributed by atoms with Gasteiger partial charge in [0.15, 0.2) is 0 Å². The van der Waals surface area contributed by atoms with Crippen molar-refractivity contribution >= 4 is 11.3 Å². The number of nitrogens with two attached hydrogens (primary N) is 1. The van der Waals surface area contributed by atoms with Gasteiger partial charge in [-0.15, -0.1) is 11.3 Å². The summed E-state index contributed by atoms with van der Waals surface area (Å²) in [5, 5.41) is 2.12. The molecule has 110 valence electrons. The monoisotopic (exact) mass is 292 g/mol. The van der Waals surface area contributed by atoms with Crippen molar-refractivity contribution < 1.29 is 0 Å². The van der Waals surface area contributed by atoms with Gasteiger partial charge >= 0.3 is 0 Å². The summed E-state index contributed by atoms with van der Waals surface area (Å²) in [6.07, 6.45) is 3.86. The molecule has 0 aliphatic heterocycles. The van der Waals surface area contributed by atoms with E-state index in [9.17, 15) is 0 Å². The minimum absolute atomic E-state index is 0.215. The van der Waals surface area contributed by atoms with Crippen molar-refractivity contribution in [2.45, 2.75) is 39.4 Å². The van der Waals surface area contributed by atoms with Gasteiger partial charge in [0.2, 0.25) is 0 Å². The maximum atomic E-state index is 6.06. The summed E-state index contributed by atoms with van der Waals surface area (Å²) in [4.78, 5) is 8.10. The highest BCUT2D eigenvalue weighted by atomic mass is 32.1. The summed E-state index contributed by atoms with van der Waals surface area (Å²) >= 11 is 1.80. The average Bonchev–Trinajstić information content (AvgIpc) is 3.09. The summed E-state index contributed by atoms with van der Waals surface area (Å²) in [7, 11) is 0. The highest BCUT2D eigenvalue weighted by molar-refractivity contribution is 7.09. The number of hydrogen-bond donors (Lipinski definition) is 1. The van der Waals surface area contributed by atoms with E-state index >= 15 is 0 Å². The molecule has 0 spiro atoms. The van der Waals surface area contributed by atoms with E-state index in [0.29, 0.717) is 12.6 Å². The second kappa shape index (κ2) is 7.02. The van der Waals surface area contributed by atoms with Crippen molar-refractivity contribution in [3.05, 3.63) is 40.6 Å². The maximum absolute atomic E-state index is 6.06. The van der Waals surface area contributed by atoms with Crippen LogP contribution in [0.5, 0.6) is 0 Å². The van der Waals surface area contributed by atoms with E-state index < -0.39 is 0 Å². The van der Waals surface area contributed by atoms with Crippen LogP contribution in [-0.4, -0.2) is 27.5 Å². The molecular weight excluding hydrogens is 268 g/mol. The van der Waals surface area contributed by atoms with E-state index in [1.807, 2.05) is 12.5 Å². The number of aromatic nitrogens is 2. The van der Waals surface area contributed by atoms with Gasteiger partial charge in [0, 0.05) is 30.2 Å². The number of likely N-dealkylation sites (N-methyl/N-ethyl adjacent to an activating group) is 1. The first-order valence-electron chi connectivity index (χ1n) is 7.15. The van der Waals surface area contributed by atoms with Crippen LogP contribution in [0, 0.1) is 0 Å². The van der Waals surface area contributed by atoms with Gasteiger partial charge in [-0.2, -0.15) is 0 Å². The van der Waals surface area contributed by atoms with Crippen LogP contribution in [-0.2, 0) is 6.54 Å². The Balaban J connectivity index is 2.22. The van der Waals surface area contributed by atoms with Crippen molar-refractivity contribution in [1.82, 2.24) is 14.5 Å². The Morgan fingerprint density at radius 2 is 2.25 bits per heavy atom. The number of imidazole rings is 1. The molecule has 0 radical (unpaired) electrons. The fourth-order valence-electron chi connectivity index (χ4n) is 2.51. The normalized spacial score (nSPS) is 13.3. The van der Waals surface area contributed by atoms with Crippen molar-refractivity contribution in [2.24, 2.45) is 5.73 Å². The Morgan fingerprint density at radius 3 is 2.80 bits per heavy atom. The summed E-state index contributed by atoms with van der Waals surface area (Å²) in [5.41, 5.74) is 7.27. The molecular formula is C15H24N4S. The molecule has 2 N–H and O–H groups in total. The zero-order chi connectivity index (χ0) is 14.5. The Kier molecular flexibility index (Phi) is 5.34. The van der Waals surface area contributed by atoms with Crippen LogP contribution < -0.4 is 5.73 Å². The molecule has 0 amide bonds. The lowest BCUT2D eigenvalue weighted by atomic mass is 10.1. The van der Waals surface area contributed by atoms with Gasteiger partial charge in [0.25, 0.3) is 0 Å². The molecule has 0 saturated carbocycles. The highest BCUT2D eigenvalue weighted by Gasteiger charge is 2.22. The van der Waals surface area contributed by atoms with Gasteiger partial charge < -0.3 is 10.3 Å². The molecule has 0 aromatic carbocycles. The predicted octanol–water partition coefficient (Wildman–Crippen LogP) is 3.05. The third-order valence-corrected chi connectivity index (χ3v) is 4.46. The van der Waals surface area contributed by atoms with Crippen LogP contribution in [0.3, 0.4) is 0 Å². The summed E-state index contributed by atoms with van der Waals surface area (Å²) in [6, 6.07) is 4.90. The summed E-state index contributed by atoms with van der Waals surface area (Å²) in [6.45, 7) is 9.06. The summed E-state index contributed by atoms with van der Waals surface area (Å²) < 4.78 is 2.22. The zero-order valence-electron chi connectivity index (χ0n) is 12.5. The summed E-state index contributed by atoms with van der Waals surface area (Å²) in [5.74, 6) is 0. The molecule has 0 bridgehead atoms. The molecule has 2 rings (SSSR count). The van der Waals surface area contributed by atoms with E-state index in [0.717, 1.165) is 13.1 Å². The van der Waals surface area contributed by atoms with Crippen LogP contribution in [0.4, 0.5) is 0 Å². The van der Waals surface area contributed by atoms with Crippen LogP contribution in [0.15, 0.2) is 30.0 Å². The Hall–Kier alpha value is -1.17. The molecule has 1 unspecified atom stereocenters. The van der Waals surface area contributed by atoms with Gasteiger partial charge in [-0.25, -0.2) is 4.98 Å². The third-order valence-electron chi connectivity index (χ3n) is 3.60. The first-order chi connectivity index (χ1) is 9.67. The topological polar surface area (TPSA) is 47.1 Å². The van der Waals surface area contributed by atoms with Crippen molar-refractivity contribution in [1.29, 1.82) is 0 Å². The van der Waals surface area contributed by atoms with E-state index in [4.69, 9.17) is 5.73 Å². The predicted molar refractivity (Wildman–Crippen MR) is 84.8 cm³/mol. The van der Waals surface area contributed by atoms with Gasteiger partial charge in [0.1, 0.15) is 0 Å². The average molecular weight is 292 g/mol. The fraction of sp³-hybridized carbons (Fsp3) is 0.533. The van der Waals surface area contributed by atoms with Crippen LogP contribution in [0.25, 0.3) is 0 Å². The quantitative estimate of drug-likeness (QED) is 0.853. The van der Waals surface area contributed by atoms with Crippen LogP contribution in [0.1, 0.15) is 43.4 Å². The number of hydrogen-bond acceptors (Lipinski definition) is 4. The Morgan fingerprint density at radius 1 is 1.45 bits per heavy atom. The molecule has 2 heterocycles. The largest absolute Gasteiger partial charge is 0.331 e. The Bertz CT molecular complexity index is 504. The lowest BCUT2D eigenvalue weighted by molar-refractivity contribution is 0.196. The molecule has 2 aromatic heterocycles. The molecule has 0 saturated heterocycles. The molecule has 0 aliphatic rings.